The van der Waals surface area contributed by atoms with Crippen molar-refractivity contribution in [3.05, 3.63) is 75.8 Å². The highest BCUT2D eigenvalue weighted by Gasteiger charge is 2.13. The van der Waals surface area contributed by atoms with Crippen LogP contribution in [0.25, 0.3) is 6.08 Å². The minimum atomic E-state index is 0.0869. The molecule has 22 heavy (non-hydrogen) atoms. The van der Waals surface area contributed by atoms with E-state index in [0.29, 0.717) is 17.1 Å². The van der Waals surface area contributed by atoms with Crippen molar-refractivity contribution in [2.24, 2.45) is 0 Å². The Morgan fingerprint density at radius 1 is 1.09 bits per heavy atom. The Hall–Kier alpha value is -3.04. The van der Waals surface area contributed by atoms with Crippen LogP contribution in [0.1, 0.15) is 25.0 Å². The molecule has 1 aromatic rings. The van der Waals surface area contributed by atoms with E-state index in [-0.39, 0.29) is 5.57 Å². The van der Waals surface area contributed by atoms with Gasteiger partial charge >= 0.3 is 0 Å². The molecule has 3 heteroatoms. The fourth-order valence-corrected chi connectivity index (χ4v) is 2.18. The predicted molar refractivity (Wildman–Crippen MR) is 86.0 cm³/mol. The summed E-state index contributed by atoms with van der Waals surface area (Å²) >= 11 is 0. The van der Waals surface area contributed by atoms with Gasteiger partial charge < -0.3 is 4.74 Å². The summed E-state index contributed by atoms with van der Waals surface area (Å²) in [6, 6.07) is 11.9. The Labute approximate surface area is 130 Å². The van der Waals surface area contributed by atoms with Crippen LogP contribution in [0.2, 0.25) is 0 Å². The lowest BCUT2D eigenvalue weighted by Gasteiger charge is -2.16. The van der Waals surface area contributed by atoms with E-state index in [1.54, 1.807) is 19.1 Å². The summed E-state index contributed by atoms with van der Waals surface area (Å²) in [5.74, 6) is 1.31. The number of aryl methyl sites for hydroxylation is 1. The van der Waals surface area contributed by atoms with Crippen LogP contribution in [0.4, 0.5) is 0 Å². The van der Waals surface area contributed by atoms with Gasteiger partial charge in [-0.05, 0) is 55.7 Å². The second-order valence-electron chi connectivity index (χ2n) is 5.10. The molecule has 0 saturated heterocycles. The fourth-order valence-electron chi connectivity index (χ4n) is 2.18. The number of rotatable bonds is 2. The van der Waals surface area contributed by atoms with Crippen molar-refractivity contribution >= 4 is 6.08 Å². The maximum absolute atomic E-state index is 9.02. The van der Waals surface area contributed by atoms with Crippen molar-refractivity contribution in [1.29, 1.82) is 10.5 Å². The van der Waals surface area contributed by atoms with Crippen molar-refractivity contribution in [2.45, 2.75) is 20.8 Å². The summed E-state index contributed by atoms with van der Waals surface area (Å²) in [5, 5.41) is 18.0. The molecule has 108 valence electrons. The van der Waals surface area contributed by atoms with Gasteiger partial charge in [0.2, 0.25) is 0 Å². The number of hydrogen-bond donors (Lipinski definition) is 0. The molecule has 0 N–H and O–H groups in total. The average Bonchev–Trinajstić information content (AvgIpc) is 2.50. The van der Waals surface area contributed by atoms with Crippen molar-refractivity contribution in [3.63, 3.8) is 0 Å². The van der Waals surface area contributed by atoms with E-state index in [9.17, 15) is 0 Å². The SMILES string of the molecule is CC1=CC(=C(C#N)C#N)C=C(C(C)=Cc2ccccc2C)O1. The fraction of sp³-hybridized carbons (Fsp3) is 0.158. The minimum absolute atomic E-state index is 0.0869. The van der Waals surface area contributed by atoms with E-state index >= 15 is 0 Å². The zero-order valence-corrected chi connectivity index (χ0v) is 12.8. The van der Waals surface area contributed by atoms with Gasteiger partial charge in [0.15, 0.2) is 0 Å². The van der Waals surface area contributed by atoms with Crippen molar-refractivity contribution in [3.8, 4) is 12.1 Å². The topological polar surface area (TPSA) is 56.8 Å². The predicted octanol–water partition coefficient (Wildman–Crippen LogP) is 4.56. The molecule has 1 aliphatic heterocycles. The second-order valence-corrected chi connectivity index (χ2v) is 5.10. The van der Waals surface area contributed by atoms with Gasteiger partial charge in [0.1, 0.15) is 29.2 Å². The van der Waals surface area contributed by atoms with Gasteiger partial charge in [-0.1, -0.05) is 24.3 Å². The molecule has 0 aliphatic carbocycles. The monoisotopic (exact) mass is 288 g/mol. The Morgan fingerprint density at radius 3 is 2.41 bits per heavy atom. The van der Waals surface area contributed by atoms with Gasteiger partial charge in [-0.2, -0.15) is 10.5 Å². The van der Waals surface area contributed by atoms with Crippen LogP contribution in [0.15, 0.2) is 64.7 Å². The third-order valence-corrected chi connectivity index (χ3v) is 3.38. The van der Waals surface area contributed by atoms with Crippen LogP contribution in [-0.2, 0) is 4.74 Å². The van der Waals surface area contributed by atoms with Gasteiger partial charge in [0.05, 0.1) is 0 Å². The second kappa shape index (κ2) is 6.61. The molecule has 0 aromatic heterocycles. The van der Waals surface area contributed by atoms with E-state index < -0.39 is 0 Å². The summed E-state index contributed by atoms with van der Waals surface area (Å²) in [7, 11) is 0. The molecular formula is C19H16N2O. The normalized spacial score (nSPS) is 14.2. The first-order valence-electron chi connectivity index (χ1n) is 6.91. The average molecular weight is 288 g/mol. The van der Waals surface area contributed by atoms with Crippen molar-refractivity contribution < 1.29 is 4.74 Å². The van der Waals surface area contributed by atoms with Crippen LogP contribution < -0.4 is 0 Å². The number of allylic oxidation sites excluding steroid dienone is 6. The minimum Gasteiger partial charge on any atom is -0.462 e. The van der Waals surface area contributed by atoms with Crippen LogP contribution >= 0.6 is 0 Å². The van der Waals surface area contributed by atoms with E-state index in [2.05, 4.69) is 13.0 Å². The van der Waals surface area contributed by atoms with Crippen LogP contribution in [0.3, 0.4) is 0 Å². The van der Waals surface area contributed by atoms with E-state index in [0.717, 1.165) is 11.1 Å². The number of benzene rings is 1. The molecule has 3 nitrogen and oxygen atoms in total. The van der Waals surface area contributed by atoms with Gasteiger partial charge in [-0.3, -0.25) is 0 Å². The van der Waals surface area contributed by atoms with Crippen LogP contribution in [0, 0.1) is 29.6 Å². The van der Waals surface area contributed by atoms with Gasteiger partial charge in [0, 0.05) is 5.57 Å². The highest BCUT2D eigenvalue weighted by molar-refractivity contribution is 5.62. The molecule has 0 saturated carbocycles. The molecule has 1 aromatic carbocycles. The van der Waals surface area contributed by atoms with Gasteiger partial charge in [-0.15, -0.1) is 0 Å². The van der Waals surface area contributed by atoms with Gasteiger partial charge in [0.25, 0.3) is 0 Å². The smallest absolute Gasteiger partial charge is 0.137 e. The lowest BCUT2D eigenvalue weighted by molar-refractivity contribution is 0.312. The zero-order chi connectivity index (χ0) is 16.1. The molecule has 1 heterocycles. The summed E-state index contributed by atoms with van der Waals surface area (Å²) in [6.07, 6.45) is 5.47. The first kappa shape index (κ1) is 15.4. The van der Waals surface area contributed by atoms with E-state index in [1.807, 2.05) is 43.3 Å². The molecule has 2 rings (SSSR count). The first-order valence-corrected chi connectivity index (χ1v) is 6.91. The maximum atomic E-state index is 9.02. The molecule has 0 bridgehead atoms. The quantitative estimate of drug-likeness (QED) is 0.749. The summed E-state index contributed by atoms with van der Waals surface area (Å²) in [4.78, 5) is 0. The Kier molecular flexibility index (Phi) is 4.61. The Balaban J connectivity index is 2.45. The van der Waals surface area contributed by atoms with Crippen LogP contribution in [-0.4, -0.2) is 0 Å². The standard InChI is InChI=1S/C19H16N2O/c1-13-6-4-5-7-16(13)8-14(2)19-10-17(9-15(3)22-19)18(11-20)12-21/h4-10H,1-3H3. The molecule has 0 radical (unpaired) electrons. The van der Waals surface area contributed by atoms with Crippen molar-refractivity contribution in [2.75, 3.05) is 0 Å². The molecule has 0 fully saturated rings. The van der Waals surface area contributed by atoms with E-state index in [1.165, 1.54) is 5.56 Å². The number of nitrogens with zero attached hydrogens (tertiary/aromatic N) is 2. The number of nitriles is 2. The molecule has 0 amide bonds. The third-order valence-electron chi connectivity index (χ3n) is 3.38. The summed E-state index contributed by atoms with van der Waals surface area (Å²) < 4.78 is 5.73. The largest absolute Gasteiger partial charge is 0.462 e. The highest BCUT2D eigenvalue weighted by atomic mass is 16.5. The molecular weight excluding hydrogens is 272 g/mol. The Morgan fingerprint density at radius 2 is 1.77 bits per heavy atom. The third kappa shape index (κ3) is 3.34. The summed E-state index contributed by atoms with van der Waals surface area (Å²) in [6.45, 7) is 5.81. The lowest BCUT2D eigenvalue weighted by Crippen LogP contribution is -2.00. The highest BCUT2D eigenvalue weighted by Crippen LogP contribution is 2.27. The molecule has 0 atom stereocenters. The first-order chi connectivity index (χ1) is 10.5. The van der Waals surface area contributed by atoms with Crippen LogP contribution in [0.5, 0.6) is 0 Å². The Bertz CT molecular complexity index is 793. The summed E-state index contributed by atoms with van der Waals surface area (Å²) in [5.41, 5.74) is 3.90. The molecule has 0 spiro atoms. The number of ether oxygens (including phenoxy) is 1. The maximum Gasteiger partial charge on any atom is 0.137 e. The van der Waals surface area contributed by atoms with Crippen molar-refractivity contribution in [1.82, 2.24) is 0 Å². The molecule has 1 aliphatic rings. The van der Waals surface area contributed by atoms with E-state index in [4.69, 9.17) is 15.3 Å². The molecule has 0 unspecified atom stereocenters. The lowest BCUT2D eigenvalue weighted by atomic mass is 10.0. The number of hydrogen-bond acceptors (Lipinski definition) is 3. The van der Waals surface area contributed by atoms with Gasteiger partial charge in [-0.25, -0.2) is 0 Å². The zero-order valence-electron chi connectivity index (χ0n) is 12.8.